The minimum Gasteiger partial charge on any atom is -0.496 e. The van der Waals surface area contributed by atoms with Gasteiger partial charge in [-0.15, -0.1) is 0 Å². The lowest BCUT2D eigenvalue weighted by atomic mass is 9.91. The van der Waals surface area contributed by atoms with Crippen molar-refractivity contribution in [2.75, 3.05) is 13.7 Å². The van der Waals surface area contributed by atoms with Crippen LogP contribution in [0.5, 0.6) is 5.75 Å². The van der Waals surface area contributed by atoms with Crippen molar-refractivity contribution in [1.82, 2.24) is 20.5 Å². The molecule has 230 valence electrons. The molecule has 3 saturated carbocycles. The van der Waals surface area contributed by atoms with Crippen LogP contribution in [-0.4, -0.2) is 71.0 Å². The predicted octanol–water partition coefficient (Wildman–Crippen LogP) is 3.68. The van der Waals surface area contributed by atoms with Gasteiger partial charge in [0.15, 0.2) is 0 Å². The van der Waals surface area contributed by atoms with E-state index in [1.807, 2.05) is 18.2 Å². The number of benzene rings is 1. The van der Waals surface area contributed by atoms with Gasteiger partial charge in [0.05, 0.1) is 13.2 Å². The zero-order chi connectivity index (χ0) is 30.1. The lowest BCUT2D eigenvalue weighted by molar-refractivity contribution is -0.141. The number of methoxy groups -OCH3 is 1. The number of aromatic nitrogens is 1. The minimum absolute atomic E-state index is 0.0252. The van der Waals surface area contributed by atoms with E-state index >= 15 is 0 Å². The highest BCUT2D eigenvalue weighted by Crippen LogP contribution is 2.43. The Bertz CT molecular complexity index is 1410. The van der Waals surface area contributed by atoms with E-state index in [0.29, 0.717) is 30.8 Å². The average molecular weight is 591 g/mol. The van der Waals surface area contributed by atoms with Crippen LogP contribution in [0.1, 0.15) is 87.5 Å². The second-order valence-corrected chi connectivity index (χ2v) is 12.9. The van der Waals surface area contributed by atoms with Gasteiger partial charge in [0.1, 0.15) is 23.3 Å². The quantitative estimate of drug-likeness (QED) is 0.381. The normalized spacial score (nSPS) is 26.3. The van der Waals surface area contributed by atoms with Crippen LogP contribution < -0.4 is 15.4 Å². The first-order valence-electron chi connectivity index (χ1n) is 16.0. The molecule has 10 heteroatoms. The fourth-order valence-electron chi connectivity index (χ4n) is 8.00. The van der Waals surface area contributed by atoms with Gasteiger partial charge in [-0.05, 0) is 75.0 Å². The number of hydrogen-bond acceptors (Lipinski definition) is 6. The van der Waals surface area contributed by atoms with Crippen molar-refractivity contribution in [1.29, 1.82) is 0 Å². The molecule has 4 aliphatic rings. The molecule has 1 aromatic carbocycles. The van der Waals surface area contributed by atoms with Gasteiger partial charge in [0, 0.05) is 35.8 Å². The Balaban J connectivity index is 1.23. The Morgan fingerprint density at radius 2 is 1.84 bits per heavy atom. The lowest BCUT2D eigenvalue weighted by Crippen LogP contribution is -2.56. The number of likely N-dealkylation sites (tertiary alicyclic amines) is 1. The first kappa shape index (κ1) is 29.4. The number of amides is 3. The van der Waals surface area contributed by atoms with Crippen molar-refractivity contribution in [2.45, 2.75) is 95.2 Å². The van der Waals surface area contributed by atoms with E-state index in [2.05, 4.69) is 15.6 Å². The molecule has 0 radical (unpaired) electrons. The molecule has 1 unspecified atom stereocenters. The number of Topliss-reactive ketones (excluding diaryl/α,β-unsaturated/α-hetero) is 2. The number of nitrogens with zero attached hydrogens (tertiary/aromatic N) is 1. The monoisotopic (exact) mass is 590 g/mol. The molecule has 5 atom stereocenters. The van der Waals surface area contributed by atoms with Gasteiger partial charge in [0.25, 0.3) is 11.8 Å². The van der Waals surface area contributed by atoms with Crippen molar-refractivity contribution in [3.63, 3.8) is 0 Å². The molecule has 1 saturated heterocycles. The van der Waals surface area contributed by atoms with E-state index in [1.165, 1.54) is 0 Å². The summed E-state index contributed by atoms with van der Waals surface area (Å²) in [6, 6.07) is 5.38. The zero-order valence-corrected chi connectivity index (χ0v) is 24.9. The molecule has 6 rings (SSSR count). The van der Waals surface area contributed by atoms with Crippen LogP contribution in [0, 0.1) is 17.8 Å². The molecule has 0 bridgehead atoms. The van der Waals surface area contributed by atoms with E-state index in [0.717, 1.165) is 68.7 Å². The summed E-state index contributed by atoms with van der Waals surface area (Å²) in [6.45, 7) is 0.454. The second-order valence-electron chi connectivity index (χ2n) is 12.9. The number of nitrogens with one attached hydrogen (secondary N) is 3. The molecule has 4 fully saturated rings. The van der Waals surface area contributed by atoms with Gasteiger partial charge in [-0.2, -0.15) is 0 Å². The third kappa shape index (κ3) is 5.93. The molecule has 3 N–H and O–H groups in total. The van der Waals surface area contributed by atoms with Gasteiger partial charge >= 0.3 is 0 Å². The number of carbonyl (C=O) groups is 5. The molecular formula is C33H42N4O6. The van der Waals surface area contributed by atoms with Gasteiger partial charge < -0.3 is 25.3 Å². The van der Waals surface area contributed by atoms with Gasteiger partial charge in [-0.1, -0.05) is 31.7 Å². The summed E-state index contributed by atoms with van der Waals surface area (Å²) in [4.78, 5) is 72.0. The summed E-state index contributed by atoms with van der Waals surface area (Å²) in [5.41, 5.74) is 1.13. The summed E-state index contributed by atoms with van der Waals surface area (Å²) in [7, 11) is 1.58. The summed E-state index contributed by atoms with van der Waals surface area (Å²) in [5, 5.41) is 6.56. The van der Waals surface area contributed by atoms with E-state index in [9.17, 15) is 24.0 Å². The molecule has 2 aromatic rings. The minimum atomic E-state index is -1.11. The first-order chi connectivity index (χ1) is 20.8. The zero-order valence-electron chi connectivity index (χ0n) is 24.9. The Labute approximate surface area is 251 Å². The third-order valence-electron chi connectivity index (χ3n) is 10.2. The number of carbonyl (C=O) groups excluding carboxylic acids is 5. The first-order valence-corrected chi connectivity index (χ1v) is 16.0. The summed E-state index contributed by atoms with van der Waals surface area (Å²) in [5.74, 6) is -1.59. The maximum absolute atomic E-state index is 14.1. The largest absolute Gasteiger partial charge is 0.496 e. The lowest BCUT2D eigenvalue weighted by Gasteiger charge is -2.29. The van der Waals surface area contributed by atoms with Crippen LogP contribution in [-0.2, 0) is 19.2 Å². The van der Waals surface area contributed by atoms with E-state index in [4.69, 9.17) is 4.74 Å². The van der Waals surface area contributed by atoms with Gasteiger partial charge in [0.2, 0.25) is 11.7 Å². The summed E-state index contributed by atoms with van der Waals surface area (Å²) < 4.78 is 5.46. The van der Waals surface area contributed by atoms with E-state index in [-0.39, 0.29) is 41.9 Å². The SMILES string of the molecule is COc1cccc2[nH]c(C(=O)N3C[C@@H]4CCC[C@@H]4[C@H]3C(=O)N[C@@H](CC3CCCC3=O)C(=O)C(=O)NC3CCCCC3)cc12. The van der Waals surface area contributed by atoms with E-state index in [1.54, 1.807) is 18.1 Å². The molecule has 10 nitrogen and oxygen atoms in total. The number of aromatic amines is 1. The molecule has 3 aliphatic carbocycles. The number of H-pyrrole nitrogens is 1. The van der Waals surface area contributed by atoms with Gasteiger partial charge in [-0.25, -0.2) is 0 Å². The summed E-state index contributed by atoms with van der Waals surface area (Å²) >= 11 is 0. The van der Waals surface area contributed by atoms with Crippen molar-refractivity contribution >= 4 is 40.2 Å². The van der Waals surface area contributed by atoms with Crippen molar-refractivity contribution in [3.05, 3.63) is 30.0 Å². The van der Waals surface area contributed by atoms with Crippen LogP contribution in [0.25, 0.3) is 10.9 Å². The number of ketones is 2. The number of fused-ring (bicyclic) bond motifs is 2. The Kier molecular flexibility index (Phi) is 8.54. The fraction of sp³-hybridized carbons (Fsp3) is 0.606. The smallest absolute Gasteiger partial charge is 0.289 e. The van der Waals surface area contributed by atoms with Crippen LogP contribution in [0.4, 0.5) is 0 Å². The van der Waals surface area contributed by atoms with Crippen LogP contribution >= 0.6 is 0 Å². The number of ether oxygens (including phenoxy) is 1. The average Bonchev–Trinajstić information content (AvgIpc) is 3.80. The van der Waals surface area contributed by atoms with Crippen molar-refractivity contribution in [2.24, 2.45) is 17.8 Å². The van der Waals surface area contributed by atoms with Crippen LogP contribution in [0.3, 0.4) is 0 Å². The molecule has 43 heavy (non-hydrogen) atoms. The van der Waals surface area contributed by atoms with Crippen LogP contribution in [0.2, 0.25) is 0 Å². The molecule has 0 spiro atoms. The number of rotatable bonds is 9. The third-order valence-corrected chi connectivity index (χ3v) is 10.2. The molecule has 1 aromatic heterocycles. The molecule has 2 heterocycles. The second kappa shape index (κ2) is 12.5. The molecule has 1 aliphatic heterocycles. The van der Waals surface area contributed by atoms with Crippen molar-refractivity contribution in [3.8, 4) is 5.75 Å². The molecular weight excluding hydrogens is 548 g/mol. The Hall–Kier alpha value is -3.69. The van der Waals surface area contributed by atoms with Gasteiger partial charge in [-0.3, -0.25) is 24.0 Å². The Morgan fingerprint density at radius 1 is 1.02 bits per heavy atom. The van der Waals surface area contributed by atoms with Crippen LogP contribution in [0.15, 0.2) is 24.3 Å². The highest BCUT2D eigenvalue weighted by molar-refractivity contribution is 6.38. The maximum Gasteiger partial charge on any atom is 0.289 e. The Morgan fingerprint density at radius 3 is 2.58 bits per heavy atom. The standard InChI is InChI=1S/C33H42N4O6/c1-43-28-15-7-13-24-23(28)17-26(35-24)33(42)37-18-20-9-5-12-22(20)29(37)31(40)36-25(16-19-8-6-14-27(19)38)30(39)32(41)34-21-10-3-2-4-11-21/h7,13,15,17,19-22,25,29,35H,2-6,8-12,14,16,18H2,1H3,(H,34,41)(H,36,40)/t19?,20-,22-,25-,29-/m0/s1. The highest BCUT2D eigenvalue weighted by Gasteiger charge is 2.50. The maximum atomic E-state index is 14.1. The van der Waals surface area contributed by atoms with Crippen molar-refractivity contribution < 1.29 is 28.7 Å². The topological polar surface area (TPSA) is 138 Å². The molecule has 3 amide bonds. The summed E-state index contributed by atoms with van der Waals surface area (Å²) in [6.07, 6.45) is 9.48. The highest BCUT2D eigenvalue weighted by atomic mass is 16.5. The predicted molar refractivity (Wildman–Crippen MR) is 159 cm³/mol. The number of hydrogen-bond donors (Lipinski definition) is 3. The van der Waals surface area contributed by atoms with E-state index < -0.39 is 29.7 Å². The fourth-order valence-corrected chi connectivity index (χ4v) is 8.00.